The Morgan fingerprint density at radius 3 is 2.81 bits per heavy atom. The Labute approximate surface area is 179 Å². The summed E-state index contributed by atoms with van der Waals surface area (Å²) in [5.41, 5.74) is 3.09. The Hall–Kier alpha value is -3.81. The molecule has 0 unspecified atom stereocenters. The zero-order chi connectivity index (χ0) is 21.4. The molecule has 31 heavy (non-hydrogen) atoms. The van der Waals surface area contributed by atoms with Gasteiger partial charge < -0.3 is 23.4 Å². The second kappa shape index (κ2) is 7.79. The molecule has 1 aromatic carbocycles. The molecule has 0 spiro atoms. The van der Waals surface area contributed by atoms with Crippen LogP contribution in [-0.2, 0) is 0 Å². The molecule has 5 rings (SSSR count). The van der Waals surface area contributed by atoms with Gasteiger partial charge in [-0.1, -0.05) is 0 Å². The highest BCUT2D eigenvalue weighted by Gasteiger charge is 2.31. The van der Waals surface area contributed by atoms with Gasteiger partial charge in [-0.3, -0.25) is 4.79 Å². The maximum atomic E-state index is 13.2. The summed E-state index contributed by atoms with van der Waals surface area (Å²) in [7, 11) is 3.14. The minimum atomic E-state index is -0.0364. The van der Waals surface area contributed by atoms with Crippen LogP contribution in [0.4, 0.5) is 0 Å². The van der Waals surface area contributed by atoms with Crippen molar-refractivity contribution in [1.29, 1.82) is 0 Å². The molecule has 1 aliphatic heterocycles. The van der Waals surface area contributed by atoms with Gasteiger partial charge in [0.15, 0.2) is 17.1 Å². The van der Waals surface area contributed by atoms with Gasteiger partial charge in [-0.05, 0) is 42.8 Å². The fourth-order valence-corrected chi connectivity index (χ4v) is 4.16. The van der Waals surface area contributed by atoms with Crippen LogP contribution in [0.15, 0.2) is 59.5 Å². The fourth-order valence-electron chi connectivity index (χ4n) is 4.16. The predicted octanol–water partition coefficient (Wildman–Crippen LogP) is 3.80. The molecule has 1 saturated heterocycles. The number of hydrogen-bond acceptors (Lipinski definition) is 6. The molecule has 0 N–H and O–H groups in total. The lowest BCUT2D eigenvalue weighted by molar-refractivity contribution is 0.0787. The van der Waals surface area contributed by atoms with Crippen molar-refractivity contribution in [2.75, 3.05) is 27.3 Å². The lowest BCUT2D eigenvalue weighted by Gasteiger charge is -2.19. The van der Waals surface area contributed by atoms with E-state index in [0.29, 0.717) is 30.2 Å². The highest BCUT2D eigenvalue weighted by molar-refractivity contribution is 5.95. The van der Waals surface area contributed by atoms with Gasteiger partial charge in [0.25, 0.3) is 5.91 Å². The number of hydrogen-bond donors (Lipinski definition) is 0. The molecule has 8 nitrogen and oxygen atoms in total. The van der Waals surface area contributed by atoms with Crippen LogP contribution in [0.1, 0.15) is 22.8 Å². The van der Waals surface area contributed by atoms with E-state index in [2.05, 4.69) is 9.55 Å². The molecule has 4 heterocycles. The number of aromatic nitrogens is 3. The third-order valence-electron chi connectivity index (χ3n) is 5.67. The number of benzene rings is 1. The first-order valence-corrected chi connectivity index (χ1v) is 10.1. The number of imidazole rings is 1. The summed E-state index contributed by atoms with van der Waals surface area (Å²) >= 11 is 0. The van der Waals surface area contributed by atoms with Crippen molar-refractivity contribution in [2.24, 2.45) is 0 Å². The predicted molar refractivity (Wildman–Crippen MR) is 114 cm³/mol. The summed E-state index contributed by atoms with van der Waals surface area (Å²) in [5, 5.41) is 0. The molecular formula is C23H22N4O4. The maximum Gasteiger partial charge on any atom is 0.254 e. The molecule has 4 aromatic rings. The molecule has 8 heteroatoms. The molecule has 0 radical (unpaired) electrons. The summed E-state index contributed by atoms with van der Waals surface area (Å²) in [6.07, 6.45) is 5.89. The Kier molecular flexibility index (Phi) is 4.82. The Bertz CT molecular complexity index is 1230. The number of furan rings is 1. The zero-order valence-electron chi connectivity index (χ0n) is 17.3. The molecule has 0 bridgehead atoms. The van der Waals surface area contributed by atoms with Crippen LogP contribution in [0.5, 0.6) is 11.5 Å². The number of amides is 1. The summed E-state index contributed by atoms with van der Waals surface area (Å²) in [4.78, 5) is 24.4. The molecule has 3 aromatic heterocycles. The summed E-state index contributed by atoms with van der Waals surface area (Å²) in [6.45, 7) is 1.22. The van der Waals surface area contributed by atoms with Gasteiger partial charge in [0.1, 0.15) is 17.6 Å². The summed E-state index contributed by atoms with van der Waals surface area (Å²) in [6, 6.07) is 11.0. The number of ether oxygens (including phenoxy) is 2. The van der Waals surface area contributed by atoms with Crippen LogP contribution in [0.3, 0.4) is 0 Å². The average Bonchev–Trinajstić information content (AvgIpc) is 3.56. The van der Waals surface area contributed by atoms with E-state index in [1.807, 2.05) is 23.1 Å². The number of carbonyl (C=O) groups excluding carboxylic acids is 1. The van der Waals surface area contributed by atoms with Gasteiger partial charge in [-0.2, -0.15) is 0 Å². The van der Waals surface area contributed by atoms with Gasteiger partial charge in [0.05, 0.1) is 32.1 Å². The van der Waals surface area contributed by atoms with Crippen molar-refractivity contribution < 1.29 is 18.7 Å². The SMILES string of the molecule is COc1ccc(C(=O)N2CC[C@H](n3c(-c4ccoc4)nc4cccnc43)C2)cc1OC. The van der Waals surface area contributed by atoms with E-state index in [0.717, 1.165) is 29.0 Å². The standard InChI is InChI=1S/C23H22N4O4/c1-29-19-6-5-15(12-20(19)30-2)23(28)26-10-7-17(13-26)27-21(16-8-11-31-14-16)25-18-4-3-9-24-22(18)27/h3-6,8-9,11-12,14,17H,7,10,13H2,1-2H3/t17-/m0/s1. The van der Waals surface area contributed by atoms with Crippen LogP contribution in [0.25, 0.3) is 22.6 Å². The summed E-state index contributed by atoms with van der Waals surface area (Å²) < 4.78 is 18.0. The first-order chi connectivity index (χ1) is 15.2. The highest BCUT2D eigenvalue weighted by Crippen LogP contribution is 2.34. The zero-order valence-corrected chi connectivity index (χ0v) is 17.3. The minimum Gasteiger partial charge on any atom is -0.493 e. The van der Waals surface area contributed by atoms with Gasteiger partial charge in [-0.15, -0.1) is 0 Å². The van der Waals surface area contributed by atoms with E-state index in [1.165, 1.54) is 0 Å². The second-order valence-electron chi connectivity index (χ2n) is 7.43. The molecule has 0 aliphatic carbocycles. The number of rotatable bonds is 5. The van der Waals surface area contributed by atoms with Crippen molar-refractivity contribution in [1.82, 2.24) is 19.4 Å². The van der Waals surface area contributed by atoms with Crippen molar-refractivity contribution in [3.05, 3.63) is 60.7 Å². The lowest BCUT2D eigenvalue weighted by Crippen LogP contribution is -2.29. The Balaban J connectivity index is 1.46. The molecule has 1 fully saturated rings. The van der Waals surface area contributed by atoms with Gasteiger partial charge >= 0.3 is 0 Å². The van der Waals surface area contributed by atoms with Crippen LogP contribution in [0, 0.1) is 0 Å². The third-order valence-corrected chi connectivity index (χ3v) is 5.67. The van der Waals surface area contributed by atoms with Crippen LogP contribution in [-0.4, -0.2) is 52.7 Å². The number of pyridine rings is 1. The average molecular weight is 418 g/mol. The molecule has 0 saturated carbocycles. The van der Waals surface area contributed by atoms with Crippen LogP contribution in [0.2, 0.25) is 0 Å². The molecule has 1 amide bonds. The minimum absolute atomic E-state index is 0.0364. The van der Waals surface area contributed by atoms with Crippen molar-refractivity contribution in [3.63, 3.8) is 0 Å². The molecule has 1 atom stereocenters. The number of likely N-dealkylation sites (tertiary alicyclic amines) is 1. The quantitative estimate of drug-likeness (QED) is 0.490. The van der Waals surface area contributed by atoms with Gasteiger partial charge in [0, 0.05) is 24.8 Å². The van der Waals surface area contributed by atoms with E-state index < -0.39 is 0 Å². The van der Waals surface area contributed by atoms with Crippen molar-refractivity contribution in [3.8, 4) is 22.9 Å². The number of nitrogens with zero attached hydrogens (tertiary/aromatic N) is 4. The largest absolute Gasteiger partial charge is 0.493 e. The number of carbonyl (C=O) groups is 1. The Morgan fingerprint density at radius 1 is 1.16 bits per heavy atom. The first kappa shape index (κ1) is 19.2. The van der Waals surface area contributed by atoms with E-state index in [9.17, 15) is 4.79 Å². The number of fused-ring (bicyclic) bond motifs is 1. The van der Waals surface area contributed by atoms with Gasteiger partial charge in [0.2, 0.25) is 0 Å². The molecule has 1 aliphatic rings. The topological polar surface area (TPSA) is 82.6 Å². The monoisotopic (exact) mass is 418 g/mol. The van der Waals surface area contributed by atoms with Gasteiger partial charge in [-0.25, -0.2) is 9.97 Å². The first-order valence-electron chi connectivity index (χ1n) is 10.1. The molecule has 158 valence electrons. The second-order valence-corrected chi connectivity index (χ2v) is 7.43. The van der Waals surface area contributed by atoms with Crippen molar-refractivity contribution in [2.45, 2.75) is 12.5 Å². The lowest BCUT2D eigenvalue weighted by atomic mass is 10.1. The van der Waals surface area contributed by atoms with E-state index in [-0.39, 0.29) is 11.9 Å². The smallest absolute Gasteiger partial charge is 0.254 e. The fraction of sp³-hybridized carbons (Fsp3) is 0.261. The van der Waals surface area contributed by atoms with E-state index >= 15 is 0 Å². The third kappa shape index (κ3) is 3.30. The summed E-state index contributed by atoms with van der Waals surface area (Å²) in [5.74, 6) is 1.90. The van der Waals surface area contributed by atoms with Crippen LogP contribution >= 0.6 is 0 Å². The highest BCUT2D eigenvalue weighted by atomic mass is 16.5. The normalized spacial score (nSPS) is 16.1. The number of methoxy groups -OCH3 is 2. The van der Waals surface area contributed by atoms with Crippen molar-refractivity contribution >= 4 is 17.1 Å². The maximum absolute atomic E-state index is 13.2. The molecular weight excluding hydrogens is 396 g/mol. The van der Waals surface area contributed by atoms with Crippen LogP contribution < -0.4 is 9.47 Å². The van der Waals surface area contributed by atoms with E-state index in [1.54, 1.807) is 51.1 Å². The Morgan fingerprint density at radius 2 is 2.03 bits per heavy atom. The van der Waals surface area contributed by atoms with E-state index in [4.69, 9.17) is 18.9 Å².